The monoisotopic (exact) mass is 264 g/mol. The maximum absolute atomic E-state index is 11.0. The zero-order valence-electron chi connectivity index (χ0n) is 6.99. The Morgan fingerprint density at radius 2 is 1.12 bits per heavy atom. The van der Waals surface area contributed by atoms with Crippen LogP contribution in [0, 0.1) is 0 Å². The van der Waals surface area contributed by atoms with Crippen molar-refractivity contribution < 1.29 is 43.9 Å². The third kappa shape index (κ3) is 8.12. The fraction of sp³-hybridized carbons (Fsp3) is 0.333. The minimum atomic E-state index is -5.56. The first kappa shape index (κ1) is 17.2. The van der Waals surface area contributed by atoms with Gasteiger partial charge in [-0.2, -0.15) is 35.1 Å². The molecule has 0 aromatic rings. The summed E-state index contributed by atoms with van der Waals surface area (Å²) in [5, 5.41) is 0. The van der Waals surface area contributed by atoms with Crippen LogP contribution in [-0.2, 0) is 0 Å². The molecule has 0 aliphatic rings. The summed E-state index contributed by atoms with van der Waals surface area (Å²) in [7, 11) is 0. The van der Waals surface area contributed by atoms with Gasteiger partial charge >= 0.3 is 18.3 Å². The summed E-state index contributed by atoms with van der Waals surface area (Å²) < 4.78 is 108. The number of hydrogen-bond acceptors (Lipinski definition) is 0. The highest BCUT2D eigenvalue weighted by Gasteiger charge is 2.38. The summed E-state index contributed by atoms with van der Waals surface area (Å²) in [6, 6.07) is 0. The van der Waals surface area contributed by atoms with Crippen LogP contribution in [0.4, 0.5) is 43.9 Å². The lowest BCUT2D eigenvalue weighted by Crippen LogP contribution is -2.08. The van der Waals surface area contributed by atoms with Gasteiger partial charge in [-0.3, -0.25) is 0 Å². The number of alkyl halides is 4. The first-order valence-corrected chi connectivity index (χ1v) is 3.07. The van der Waals surface area contributed by atoms with Gasteiger partial charge in [-0.1, -0.05) is 0 Å². The van der Waals surface area contributed by atoms with E-state index in [0.29, 0.717) is 0 Å². The van der Waals surface area contributed by atoms with Crippen molar-refractivity contribution in [1.29, 1.82) is 0 Å². The molecule has 0 nitrogen and oxygen atoms in total. The van der Waals surface area contributed by atoms with Crippen LogP contribution in [-0.4, -0.2) is 12.9 Å². The fourth-order valence-corrected chi connectivity index (χ4v) is 0.158. The van der Waals surface area contributed by atoms with Gasteiger partial charge in [0.2, 0.25) is 0 Å². The van der Waals surface area contributed by atoms with E-state index >= 15 is 0 Å². The van der Waals surface area contributed by atoms with Crippen molar-refractivity contribution in [3.63, 3.8) is 0 Å². The van der Waals surface area contributed by atoms with Gasteiger partial charge in [0, 0.05) is 0 Å². The average Bonchev–Trinajstić information content (AvgIpc) is 2.14. The maximum atomic E-state index is 11.0. The van der Waals surface area contributed by atoms with Gasteiger partial charge in [0.05, 0.1) is 0 Å². The lowest BCUT2D eigenvalue weighted by molar-refractivity contribution is -0.113. The second kappa shape index (κ2) is 7.12. The molecule has 0 unspecified atom stereocenters. The van der Waals surface area contributed by atoms with Crippen molar-refractivity contribution in [2.24, 2.45) is 0 Å². The highest BCUT2D eigenvalue weighted by atomic mass is 19.4. The Morgan fingerprint density at radius 1 is 0.750 bits per heavy atom. The van der Waals surface area contributed by atoms with Gasteiger partial charge in [0.25, 0.3) is 5.83 Å². The molecular weight excluding hydrogens is 262 g/mol. The summed E-state index contributed by atoms with van der Waals surface area (Å²) in [6.45, 7) is -1.72. The average molecular weight is 264 g/mol. The van der Waals surface area contributed by atoms with E-state index in [9.17, 15) is 43.9 Å². The van der Waals surface area contributed by atoms with Crippen LogP contribution in [0.5, 0.6) is 0 Å². The molecule has 0 amide bonds. The second-order valence-electron chi connectivity index (χ2n) is 1.87. The topological polar surface area (TPSA) is 0 Å². The molecule has 0 heterocycles. The van der Waals surface area contributed by atoms with E-state index in [1.807, 2.05) is 0 Å². The van der Waals surface area contributed by atoms with Crippen LogP contribution in [0.3, 0.4) is 0 Å². The predicted molar refractivity (Wildman–Crippen MR) is 32.7 cm³/mol. The molecule has 0 aromatic heterocycles. The maximum Gasteiger partial charge on any atom is 0.448 e. The van der Waals surface area contributed by atoms with Crippen LogP contribution >= 0.6 is 0 Å². The summed E-state index contributed by atoms with van der Waals surface area (Å²) in [5.41, 5.74) is 0. The van der Waals surface area contributed by atoms with Crippen LogP contribution in [0.1, 0.15) is 0 Å². The van der Waals surface area contributed by atoms with Crippen LogP contribution in [0.25, 0.3) is 0 Å². The molecule has 10 heteroatoms. The smallest absolute Gasteiger partial charge is 0.243 e. The molecule has 96 valence electrons. The minimum absolute atomic E-state index is 1.72. The van der Waals surface area contributed by atoms with E-state index < -0.39 is 36.7 Å². The van der Waals surface area contributed by atoms with E-state index in [1.54, 1.807) is 0 Å². The van der Waals surface area contributed by atoms with Crippen molar-refractivity contribution in [2.45, 2.75) is 6.18 Å². The summed E-state index contributed by atoms with van der Waals surface area (Å²) in [5.74, 6) is -5.32. The SMILES string of the molecule is FC(F)=C(F)C(F)(F)F.FCC(F)=C(F)F. The minimum Gasteiger partial charge on any atom is -0.243 e. The molecule has 0 N–H and O–H groups in total. The van der Waals surface area contributed by atoms with Crippen molar-refractivity contribution in [2.75, 3.05) is 6.67 Å². The molecule has 0 aliphatic heterocycles. The Bertz CT molecular complexity index is 264. The normalized spacial score (nSPS) is 10.1. The Kier molecular flexibility index (Phi) is 7.65. The second-order valence-corrected chi connectivity index (χ2v) is 1.87. The van der Waals surface area contributed by atoms with Crippen LogP contribution in [0.2, 0.25) is 0 Å². The number of hydrogen-bond donors (Lipinski definition) is 0. The van der Waals surface area contributed by atoms with Crippen molar-refractivity contribution in [1.82, 2.24) is 0 Å². The Hall–Kier alpha value is -1.22. The van der Waals surface area contributed by atoms with E-state index in [-0.39, 0.29) is 0 Å². The molecule has 0 bridgehead atoms. The van der Waals surface area contributed by atoms with Gasteiger partial charge in [0.1, 0.15) is 6.67 Å². The highest BCUT2D eigenvalue weighted by molar-refractivity contribution is 4.98. The number of halogens is 10. The van der Waals surface area contributed by atoms with E-state index in [4.69, 9.17) is 0 Å². The third-order valence-corrected chi connectivity index (χ3v) is 0.737. The van der Waals surface area contributed by atoms with Gasteiger partial charge in [-0.05, 0) is 0 Å². The molecule has 0 saturated heterocycles. The largest absolute Gasteiger partial charge is 0.448 e. The summed E-state index contributed by atoms with van der Waals surface area (Å²) in [4.78, 5) is 0. The lowest BCUT2D eigenvalue weighted by atomic mass is 10.6. The third-order valence-electron chi connectivity index (χ3n) is 0.737. The molecule has 0 spiro atoms. The standard InChI is InChI=1S/C3F6.C3H2F4/c4-1(2(5)6)3(7,8)9;4-1-2(5)3(6)7/h;1H2. The fourth-order valence-electron chi connectivity index (χ4n) is 0.158. The van der Waals surface area contributed by atoms with Crippen molar-refractivity contribution in [3.8, 4) is 0 Å². The molecular formula is C6H2F10. The van der Waals surface area contributed by atoms with Crippen molar-refractivity contribution >= 4 is 0 Å². The molecule has 0 atom stereocenters. The van der Waals surface area contributed by atoms with Crippen molar-refractivity contribution in [3.05, 3.63) is 23.8 Å². The summed E-state index contributed by atoms with van der Waals surface area (Å²) in [6.07, 6.45) is -11.5. The van der Waals surface area contributed by atoms with E-state index in [0.717, 1.165) is 0 Å². The van der Waals surface area contributed by atoms with Crippen LogP contribution < -0.4 is 0 Å². The highest BCUT2D eigenvalue weighted by Crippen LogP contribution is 2.29. The number of allylic oxidation sites excluding steroid dienone is 2. The Labute approximate surface area is 81.8 Å². The zero-order chi connectivity index (χ0) is 13.5. The van der Waals surface area contributed by atoms with Gasteiger partial charge < -0.3 is 0 Å². The Morgan fingerprint density at radius 3 is 1.12 bits per heavy atom. The van der Waals surface area contributed by atoms with E-state index in [1.165, 1.54) is 0 Å². The van der Waals surface area contributed by atoms with E-state index in [2.05, 4.69) is 0 Å². The first-order valence-electron chi connectivity index (χ1n) is 3.07. The quantitative estimate of drug-likeness (QED) is 0.604. The molecule has 0 radical (unpaired) electrons. The molecule has 0 aliphatic carbocycles. The Balaban J connectivity index is 0. The number of rotatable bonds is 1. The van der Waals surface area contributed by atoms with Gasteiger partial charge in [-0.25, -0.2) is 8.78 Å². The van der Waals surface area contributed by atoms with Crippen LogP contribution in [0.15, 0.2) is 23.8 Å². The molecule has 16 heavy (non-hydrogen) atoms. The zero-order valence-corrected chi connectivity index (χ0v) is 6.99. The molecule has 0 aromatic carbocycles. The molecule has 0 fully saturated rings. The first-order chi connectivity index (χ1) is 7.03. The molecule has 0 saturated carbocycles. The lowest BCUT2D eigenvalue weighted by Gasteiger charge is -1.98. The van der Waals surface area contributed by atoms with Gasteiger partial charge in [0.15, 0.2) is 5.83 Å². The summed E-state index contributed by atoms with van der Waals surface area (Å²) >= 11 is 0. The van der Waals surface area contributed by atoms with Gasteiger partial charge in [-0.15, -0.1) is 0 Å². The molecule has 0 rings (SSSR count). The predicted octanol–water partition coefficient (Wildman–Crippen LogP) is 4.66.